The van der Waals surface area contributed by atoms with Crippen molar-refractivity contribution in [2.24, 2.45) is 0 Å². The van der Waals surface area contributed by atoms with Crippen molar-refractivity contribution in [2.75, 3.05) is 30.9 Å². The third-order valence-electron chi connectivity index (χ3n) is 3.57. The molecule has 140 valence electrons. The maximum atomic E-state index is 12.8. The zero-order chi connectivity index (χ0) is 19.0. The zero-order valence-corrected chi connectivity index (χ0v) is 16.0. The first kappa shape index (κ1) is 20.0. The van der Waals surface area contributed by atoms with Gasteiger partial charge in [0.2, 0.25) is 0 Å². The molecule has 0 saturated heterocycles. The van der Waals surface area contributed by atoms with E-state index in [0.29, 0.717) is 42.3 Å². The second-order valence-corrected chi connectivity index (χ2v) is 7.26. The third-order valence-corrected chi connectivity index (χ3v) is 5.70. The van der Waals surface area contributed by atoms with Crippen LogP contribution in [0.5, 0.6) is 0 Å². The van der Waals surface area contributed by atoms with Crippen molar-refractivity contribution < 1.29 is 13.6 Å². The summed E-state index contributed by atoms with van der Waals surface area (Å²) < 4.78 is 23.5. The zero-order valence-electron chi connectivity index (χ0n) is 15.2. The summed E-state index contributed by atoms with van der Waals surface area (Å²) in [5.41, 5.74) is 2.15. The number of anilines is 2. The van der Waals surface area contributed by atoms with Crippen molar-refractivity contribution in [3.05, 3.63) is 41.9 Å². The van der Waals surface area contributed by atoms with Gasteiger partial charge in [0.15, 0.2) is 5.82 Å². The van der Waals surface area contributed by atoms with Crippen LogP contribution in [0, 0.1) is 5.41 Å². The van der Waals surface area contributed by atoms with E-state index >= 15 is 0 Å². The molecule has 0 aliphatic rings. The first-order valence-corrected chi connectivity index (χ1v) is 9.87. The van der Waals surface area contributed by atoms with Gasteiger partial charge >= 0.3 is 7.60 Å². The van der Waals surface area contributed by atoms with E-state index in [-0.39, 0.29) is 0 Å². The van der Waals surface area contributed by atoms with Gasteiger partial charge in [-0.25, -0.2) is 9.97 Å². The monoisotopic (exact) mass is 377 g/mol. The standard InChI is InChI=1S/C17H24N5O3P/c1-4-24-26(23,25-5-2)14-8-6-13(7-9-14)11-20-17-16(19-3)15(10-18)21-12-22-17/h6-10,12,18-19H,4-5,11H2,1-3H3,(H,20,21,22). The summed E-state index contributed by atoms with van der Waals surface area (Å²) in [4.78, 5) is 8.25. The van der Waals surface area contributed by atoms with Gasteiger partial charge in [-0.05, 0) is 31.5 Å². The summed E-state index contributed by atoms with van der Waals surface area (Å²) >= 11 is 0. The van der Waals surface area contributed by atoms with Crippen LogP contribution in [0.4, 0.5) is 11.5 Å². The molecular formula is C17H24N5O3P. The first-order chi connectivity index (χ1) is 12.6. The van der Waals surface area contributed by atoms with Crippen LogP contribution in [-0.4, -0.2) is 36.4 Å². The number of hydrogen-bond donors (Lipinski definition) is 3. The molecule has 0 saturated carbocycles. The Kier molecular flexibility index (Phi) is 7.26. The van der Waals surface area contributed by atoms with E-state index in [2.05, 4.69) is 20.6 Å². The average Bonchev–Trinajstić information content (AvgIpc) is 2.66. The fraction of sp³-hybridized carbons (Fsp3) is 0.353. The molecule has 0 radical (unpaired) electrons. The largest absolute Gasteiger partial charge is 0.383 e. The number of nitrogens with one attached hydrogen (secondary N) is 3. The van der Waals surface area contributed by atoms with Crippen molar-refractivity contribution >= 4 is 30.6 Å². The van der Waals surface area contributed by atoms with Crippen molar-refractivity contribution in [3.63, 3.8) is 0 Å². The van der Waals surface area contributed by atoms with Crippen LogP contribution in [0.25, 0.3) is 0 Å². The van der Waals surface area contributed by atoms with Crippen LogP contribution in [0.2, 0.25) is 0 Å². The fourth-order valence-corrected chi connectivity index (χ4v) is 3.96. The van der Waals surface area contributed by atoms with Crippen molar-refractivity contribution in [1.29, 1.82) is 5.41 Å². The van der Waals surface area contributed by atoms with Crippen molar-refractivity contribution in [1.82, 2.24) is 9.97 Å². The van der Waals surface area contributed by atoms with Crippen molar-refractivity contribution in [3.8, 4) is 0 Å². The van der Waals surface area contributed by atoms with Gasteiger partial charge in [0.25, 0.3) is 0 Å². The topological polar surface area (TPSA) is 109 Å². The van der Waals surface area contributed by atoms with Crippen molar-refractivity contribution in [2.45, 2.75) is 20.4 Å². The van der Waals surface area contributed by atoms with Gasteiger partial charge in [-0.1, -0.05) is 12.1 Å². The summed E-state index contributed by atoms with van der Waals surface area (Å²) in [7, 11) is -1.51. The lowest BCUT2D eigenvalue weighted by Crippen LogP contribution is -2.12. The molecule has 0 amide bonds. The predicted octanol–water partition coefficient (Wildman–Crippen LogP) is 3.02. The quantitative estimate of drug-likeness (QED) is 0.431. The lowest BCUT2D eigenvalue weighted by molar-refractivity contribution is 0.230. The van der Waals surface area contributed by atoms with E-state index in [9.17, 15) is 4.57 Å². The van der Waals surface area contributed by atoms with Gasteiger partial charge in [-0.3, -0.25) is 4.57 Å². The van der Waals surface area contributed by atoms with Gasteiger partial charge in [0.1, 0.15) is 17.7 Å². The number of aromatic nitrogens is 2. The van der Waals surface area contributed by atoms with Gasteiger partial charge < -0.3 is 25.1 Å². The molecule has 1 aromatic carbocycles. The molecule has 2 aromatic rings. The Bertz CT molecular complexity index is 772. The van der Waals surface area contributed by atoms with Crippen LogP contribution >= 0.6 is 7.60 Å². The van der Waals surface area contributed by atoms with Gasteiger partial charge in [0.05, 0.1) is 18.5 Å². The molecule has 8 nitrogen and oxygen atoms in total. The summed E-state index contributed by atoms with van der Waals surface area (Å²) in [6, 6.07) is 7.24. The number of nitrogens with zero attached hydrogens (tertiary/aromatic N) is 2. The lowest BCUT2D eigenvalue weighted by atomic mass is 10.2. The van der Waals surface area contributed by atoms with Crippen LogP contribution in [0.3, 0.4) is 0 Å². The Hall–Kier alpha value is -2.28. The van der Waals surface area contributed by atoms with E-state index in [1.54, 1.807) is 33.0 Å². The smallest absolute Gasteiger partial charge is 0.361 e. The minimum atomic E-state index is -3.27. The molecule has 0 fully saturated rings. The molecule has 0 bridgehead atoms. The maximum absolute atomic E-state index is 12.8. The lowest BCUT2D eigenvalue weighted by Gasteiger charge is -2.17. The molecule has 0 unspecified atom stereocenters. The molecule has 0 aliphatic heterocycles. The van der Waals surface area contributed by atoms with Crippen LogP contribution < -0.4 is 15.9 Å². The molecule has 9 heteroatoms. The van der Waals surface area contributed by atoms with E-state index in [1.165, 1.54) is 12.5 Å². The molecule has 2 rings (SSSR count). The first-order valence-electron chi connectivity index (χ1n) is 8.33. The summed E-state index contributed by atoms with van der Waals surface area (Å²) in [6.45, 7) is 4.71. The van der Waals surface area contributed by atoms with E-state index in [4.69, 9.17) is 14.5 Å². The Morgan fingerprint density at radius 3 is 2.35 bits per heavy atom. The Balaban J connectivity index is 2.13. The van der Waals surface area contributed by atoms with E-state index in [0.717, 1.165) is 5.56 Å². The Morgan fingerprint density at radius 1 is 1.15 bits per heavy atom. The molecule has 1 heterocycles. The minimum Gasteiger partial charge on any atom is -0.383 e. The van der Waals surface area contributed by atoms with Gasteiger partial charge in [0, 0.05) is 19.8 Å². The second-order valence-electron chi connectivity index (χ2n) is 5.23. The van der Waals surface area contributed by atoms with Crippen LogP contribution in [-0.2, 0) is 20.2 Å². The molecule has 1 aromatic heterocycles. The highest BCUT2D eigenvalue weighted by molar-refractivity contribution is 7.62. The highest BCUT2D eigenvalue weighted by Gasteiger charge is 2.26. The molecular weight excluding hydrogens is 353 g/mol. The molecule has 3 N–H and O–H groups in total. The minimum absolute atomic E-state index is 0.316. The number of hydrogen-bond acceptors (Lipinski definition) is 8. The Labute approximate surface area is 153 Å². The van der Waals surface area contributed by atoms with Crippen LogP contribution in [0.1, 0.15) is 25.1 Å². The SMILES string of the molecule is CCOP(=O)(OCC)c1ccc(CNc2ncnc(C=N)c2NC)cc1. The van der Waals surface area contributed by atoms with Crippen LogP contribution in [0.15, 0.2) is 30.6 Å². The normalized spacial score (nSPS) is 11.2. The highest BCUT2D eigenvalue weighted by Crippen LogP contribution is 2.46. The average molecular weight is 377 g/mol. The second kappa shape index (κ2) is 9.43. The Morgan fingerprint density at radius 2 is 1.81 bits per heavy atom. The molecule has 26 heavy (non-hydrogen) atoms. The molecule has 0 spiro atoms. The summed E-state index contributed by atoms with van der Waals surface area (Å²) in [5.74, 6) is 0.611. The highest BCUT2D eigenvalue weighted by atomic mass is 31.2. The van der Waals surface area contributed by atoms with Gasteiger partial charge in [-0.2, -0.15) is 0 Å². The molecule has 0 atom stereocenters. The number of rotatable bonds is 10. The summed E-state index contributed by atoms with van der Waals surface area (Å²) in [6.07, 6.45) is 2.58. The maximum Gasteiger partial charge on any atom is 0.361 e. The third kappa shape index (κ3) is 4.66. The van der Waals surface area contributed by atoms with Gasteiger partial charge in [-0.15, -0.1) is 0 Å². The number of benzene rings is 1. The predicted molar refractivity (Wildman–Crippen MR) is 104 cm³/mol. The van der Waals surface area contributed by atoms with E-state index < -0.39 is 7.60 Å². The fourth-order valence-electron chi connectivity index (χ4n) is 2.40. The van der Waals surface area contributed by atoms with E-state index in [1.807, 2.05) is 12.1 Å². The molecule has 0 aliphatic carbocycles. The summed E-state index contributed by atoms with van der Waals surface area (Å²) in [5, 5.41) is 14.1.